The first-order chi connectivity index (χ1) is 15.5. The highest BCUT2D eigenvalue weighted by Gasteiger charge is 2.09. The molecule has 0 atom stereocenters. The van der Waals surface area contributed by atoms with E-state index in [0.717, 1.165) is 16.7 Å². The number of rotatable bonds is 7. The number of halogens is 1. The molecule has 0 aliphatic rings. The number of aryl methyl sites for hydroxylation is 2. The Kier molecular flexibility index (Phi) is 6.57. The summed E-state index contributed by atoms with van der Waals surface area (Å²) in [6.07, 6.45) is 1.86. The number of nitrogens with zero attached hydrogens (tertiary/aromatic N) is 2. The van der Waals surface area contributed by atoms with Crippen LogP contribution in [0, 0.1) is 13.8 Å². The van der Waals surface area contributed by atoms with Crippen LogP contribution in [0.2, 0.25) is 5.02 Å². The fourth-order valence-corrected chi connectivity index (χ4v) is 3.51. The Bertz CT molecular complexity index is 1230. The standard InChI is InChI=1S/C26H24ClN3O2/c1-18-4-3-5-21(14-18)16-30-13-12-25(29-30)28-26(31)22-9-7-20(8-10-22)17-32-24-15-19(2)6-11-23(24)27/h3-15H,16-17H2,1-2H3,(H,28,29,31). The van der Waals surface area contributed by atoms with Gasteiger partial charge >= 0.3 is 0 Å². The van der Waals surface area contributed by atoms with Crippen LogP contribution in [-0.2, 0) is 13.2 Å². The summed E-state index contributed by atoms with van der Waals surface area (Å²) in [4.78, 5) is 12.6. The summed E-state index contributed by atoms with van der Waals surface area (Å²) in [7, 11) is 0. The Morgan fingerprint density at radius 1 is 0.969 bits per heavy atom. The van der Waals surface area contributed by atoms with E-state index < -0.39 is 0 Å². The quantitative estimate of drug-likeness (QED) is 0.377. The third kappa shape index (κ3) is 5.56. The summed E-state index contributed by atoms with van der Waals surface area (Å²) in [5.74, 6) is 0.957. The average molecular weight is 446 g/mol. The van der Waals surface area contributed by atoms with E-state index in [-0.39, 0.29) is 5.91 Å². The molecule has 32 heavy (non-hydrogen) atoms. The van der Waals surface area contributed by atoms with Crippen LogP contribution in [-0.4, -0.2) is 15.7 Å². The molecule has 1 N–H and O–H groups in total. The van der Waals surface area contributed by atoms with E-state index in [0.29, 0.717) is 35.3 Å². The van der Waals surface area contributed by atoms with E-state index in [1.165, 1.54) is 5.56 Å². The summed E-state index contributed by atoms with van der Waals surface area (Å²) in [6, 6.07) is 23.0. The van der Waals surface area contributed by atoms with Crippen molar-refractivity contribution in [1.29, 1.82) is 0 Å². The lowest BCUT2D eigenvalue weighted by Gasteiger charge is -2.09. The van der Waals surface area contributed by atoms with Crippen molar-refractivity contribution in [1.82, 2.24) is 9.78 Å². The number of amides is 1. The summed E-state index contributed by atoms with van der Waals surface area (Å²) in [5, 5.41) is 7.87. The Morgan fingerprint density at radius 3 is 2.53 bits per heavy atom. The van der Waals surface area contributed by atoms with Gasteiger partial charge in [0.15, 0.2) is 5.82 Å². The number of anilines is 1. The van der Waals surface area contributed by atoms with Crippen LogP contribution in [0.5, 0.6) is 5.75 Å². The lowest BCUT2D eigenvalue weighted by molar-refractivity contribution is 0.102. The molecule has 0 saturated heterocycles. The first-order valence-electron chi connectivity index (χ1n) is 10.3. The van der Waals surface area contributed by atoms with E-state index in [9.17, 15) is 4.79 Å². The molecule has 1 aromatic heterocycles. The van der Waals surface area contributed by atoms with E-state index in [1.54, 1.807) is 22.9 Å². The van der Waals surface area contributed by atoms with Gasteiger partial charge in [-0.1, -0.05) is 59.6 Å². The second-order valence-electron chi connectivity index (χ2n) is 7.76. The zero-order chi connectivity index (χ0) is 22.5. The van der Waals surface area contributed by atoms with Crippen molar-refractivity contribution in [2.75, 3.05) is 5.32 Å². The minimum atomic E-state index is -0.208. The summed E-state index contributed by atoms with van der Waals surface area (Å²) < 4.78 is 7.62. The van der Waals surface area contributed by atoms with Crippen LogP contribution in [0.25, 0.3) is 0 Å². The van der Waals surface area contributed by atoms with Crippen LogP contribution >= 0.6 is 11.6 Å². The molecule has 162 valence electrons. The smallest absolute Gasteiger partial charge is 0.256 e. The van der Waals surface area contributed by atoms with E-state index >= 15 is 0 Å². The van der Waals surface area contributed by atoms with Crippen molar-refractivity contribution in [3.8, 4) is 5.75 Å². The molecule has 0 fully saturated rings. The molecule has 1 heterocycles. The number of aromatic nitrogens is 2. The maximum Gasteiger partial charge on any atom is 0.256 e. The van der Waals surface area contributed by atoms with Crippen LogP contribution < -0.4 is 10.1 Å². The third-order valence-electron chi connectivity index (χ3n) is 5.01. The highest BCUT2D eigenvalue weighted by molar-refractivity contribution is 6.32. The first kappa shape index (κ1) is 21.7. The zero-order valence-electron chi connectivity index (χ0n) is 18.0. The number of hydrogen-bond acceptors (Lipinski definition) is 3. The van der Waals surface area contributed by atoms with Gasteiger partial charge in [0.2, 0.25) is 0 Å². The molecular formula is C26H24ClN3O2. The average Bonchev–Trinajstić information content (AvgIpc) is 3.21. The highest BCUT2D eigenvalue weighted by Crippen LogP contribution is 2.26. The number of carbonyl (C=O) groups is 1. The van der Waals surface area contributed by atoms with E-state index in [1.807, 2.05) is 49.5 Å². The van der Waals surface area contributed by atoms with Crippen molar-refractivity contribution < 1.29 is 9.53 Å². The molecule has 5 nitrogen and oxygen atoms in total. The van der Waals surface area contributed by atoms with Crippen LogP contribution in [0.1, 0.15) is 32.6 Å². The SMILES string of the molecule is Cc1cccc(Cn2ccc(NC(=O)c3ccc(COc4cc(C)ccc4Cl)cc3)n2)c1. The van der Waals surface area contributed by atoms with Gasteiger partial charge in [0, 0.05) is 17.8 Å². The van der Waals surface area contributed by atoms with Crippen molar-refractivity contribution >= 4 is 23.3 Å². The molecule has 0 aliphatic carbocycles. The fourth-order valence-electron chi connectivity index (χ4n) is 3.34. The van der Waals surface area contributed by atoms with Gasteiger partial charge in [-0.2, -0.15) is 5.10 Å². The first-order valence-corrected chi connectivity index (χ1v) is 10.7. The molecule has 0 saturated carbocycles. The maximum absolute atomic E-state index is 12.6. The molecule has 0 aliphatic heterocycles. The van der Waals surface area contributed by atoms with Crippen molar-refractivity contribution in [3.63, 3.8) is 0 Å². The lowest BCUT2D eigenvalue weighted by atomic mass is 10.1. The Labute approximate surface area is 192 Å². The molecule has 0 bridgehead atoms. The molecule has 0 radical (unpaired) electrons. The van der Waals surface area contributed by atoms with Gasteiger partial charge < -0.3 is 10.1 Å². The third-order valence-corrected chi connectivity index (χ3v) is 5.32. The van der Waals surface area contributed by atoms with Gasteiger partial charge in [-0.15, -0.1) is 0 Å². The molecule has 6 heteroatoms. The topological polar surface area (TPSA) is 56.2 Å². The van der Waals surface area contributed by atoms with Crippen LogP contribution in [0.4, 0.5) is 5.82 Å². The maximum atomic E-state index is 12.6. The largest absolute Gasteiger partial charge is 0.487 e. The molecule has 0 spiro atoms. The monoisotopic (exact) mass is 445 g/mol. The summed E-state index contributed by atoms with van der Waals surface area (Å²) in [6.45, 7) is 5.07. The van der Waals surface area contributed by atoms with Gasteiger partial charge in [-0.3, -0.25) is 9.48 Å². The van der Waals surface area contributed by atoms with Gasteiger partial charge in [0.05, 0.1) is 11.6 Å². The van der Waals surface area contributed by atoms with Crippen LogP contribution in [0.3, 0.4) is 0 Å². The van der Waals surface area contributed by atoms with Crippen molar-refractivity contribution in [2.24, 2.45) is 0 Å². The molecule has 3 aromatic carbocycles. The summed E-state index contributed by atoms with van der Waals surface area (Å²) >= 11 is 6.17. The fraction of sp³-hybridized carbons (Fsp3) is 0.154. The highest BCUT2D eigenvalue weighted by atomic mass is 35.5. The van der Waals surface area contributed by atoms with E-state index in [4.69, 9.17) is 16.3 Å². The number of ether oxygens (including phenoxy) is 1. The number of nitrogens with one attached hydrogen (secondary N) is 1. The van der Waals surface area contributed by atoms with Gasteiger partial charge in [-0.05, 0) is 54.8 Å². The Balaban J connectivity index is 1.34. The summed E-state index contributed by atoms with van der Waals surface area (Å²) in [5.41, 5.74) is 4.95. The number of carbonyl (C=O) groups excluding carboxylic acids is 1. The number of benzene rings is 3. The molecule has 0 unspecified atom stereocenters. The normalized spacial score (nSPS) is 10.7. The van der Waals surface area contributed by atoms with Crippen LogP contribution in [0.15, 0.2) is 79.0 Å². The zero-order valence-corrected chi connectivity index (χ0v) is 18.8. The van der Waals surface area contributed by atoms with Gasteiger partial charge in [-0.25, -0.2) is 0 Å². The minimum Gasteiger partial charge on any atom is -0.487 e. The predicted octanol–water partition coefficient (Wildman–Crippen LogP) is 6.03. The second kappa shape index (κ2) is 9.71. The second-order valence-corrected chi connectivity index (χ2v) is 8.17. The molecule has 1 amide bonds. The van der Waals surface area contributed by atoms with Gasteiger partial charge in [0.25, 0.3) is 5.91 Å². The van der Waals surface area contributed by atoms with Crippen molar-refractivity contribution in [2.45, 2.75) is 27.0 Å². The molecule has 4 rings (SSSR count). The van der Waals surface area contributed by atoms with E-state index in [2.05, 4.69) is 35.5 Å². The van der Waals surface area contributed by atoms with Gasteiger partial charge in [0.1, 0.15) is 12.4 Å². The number of hydrogen-bond donors (Lipinski definition) is 1. The Hall–Kier alpha value is -3.57. The molecule has 4 aromatic rings. The van der Waals surface area contributed by atoms with Crippen molar-refractivity contribution in [3.05, 3.63) is 112 Å². The Morgan fingerprint density at radius 2 is 1.75 bits per heavy atom. The predicted molar refractivity (Wildman–Crippen MR) is 127 cm³/mol. The molecular weight excluding hydrogens is 422 g/mol. The minimum absolute atomic E-state index is 0.208. The lowest BCUT2D eigenvalue weighted by Crippen LogP contribution is -2.13.